The molecular formula is C13H21ClFN3. The number of anilines is 3. The molecule has 1 rings (SSSR count). The Hall–Kier alpha value is -1.16. The van der Waals surface area contributed by atoms with E-state index in [1.807, 2.05) is 11.8 Å². The van der Waals surface area contributed by atoms with Crippen molar-refractivity contribution in [2.75, 3.05) is 29.5 Å². The zero-order valence-electron chi connectivity index (χ0n) is 11.1. The molecule has 0 aromatic heterocycles. The summed E-state index contributed by atoms with van der Waals surface area (Å²) in [6.45, 7) is 7.61. The molecule has 0 amide bonds. The minimum Gasteiger partial charge on any atom is -0.397 e. The smallest absolute Gasteiger partial charge is 0.169 e. The van der Waals surface area contributed by atoms with Gasteiger partial charge in [-0.25, -0.2) is 4.39 Å². The molecule has 0 saturated heterocycles. The largest absolute Gasteiger partial charge is 0.397 e. The van der Waals surface area contributed by atoms with Gasteiger partial charge in [-0.05, 0) is 18.9 Å². The Morgan fingerprint density at radius 2 is 1.94 bits per heavy atom. The van der Waals surface area contributed by atoms with E-state index in [1.54, 1.807) is 0 Å². The van der Waals surface area contributed by atoms with Crippen LogP contribution in [0.2, 0.25) is 5.02 Å². The summed E-state index contributed by atoms with van der Waals surface area (Å²) < 4.78 is 14.2. The lowest BCUT2D eigenvalue weighted by molar-refractivity contribution is 0.538. The van der Waals surface area contributed by atoms with E-state index in [-0.39, 0.29) is 10.7 Å². The van der Waals surface area contributed by atoms with E-state index < -0.39 is 5.82 Å². The van der Waals surface area contributed by atoms with E-state index in [0.29, 0.717) is 23.8 Å². The van der Waals surface area contributed by atoms with E-state index in [1.165, 1.54) is 6.07 Å². The van der Waals surface area contributed by atoms with Gasteiger partial charge < -0.3 is 16.4 Å². The molecule has 0 fully saturated rings. The van der Waals surface area contributed by atoms with Crippen LogP contribution in [-0.2, 0) is 0 Å². The lowest BCUT2D eigenvalue weighted by Gasteiger charge is -2.28. The van der Waals surface area contributed by atoms with Crippen molar-refractivity contribution in [3.63, 3.8) is 0 Å². The highest BCUT2D eigenvalue weighted by Gasteiger charge is 2.20. The predicted molar refractivity (Wildman–Crippen MR) is 77.6 cm³/mol. The maximum atomic E-state index is 14.2. The van der Waals surface area contributed by atoms with Crippen molar-refractivity contribution in [1.29, 1.82) is 0 Å². The number of rotatable bonds is 5. The van der Waals surface area contributed by atoms with Crippen molar-refractivity contribution in [2.24, 2.45) is 5.92 Å². The van der Waals surface area contributed by atoms with E-state index in [4.69, 9.17) is 23.1 Å². The summed E-state index contributed by atoms with van der Waals surface area (Å²) in [6.07, 6.45) is 1.03. The van der Waals surface area contributed by atoms with Gasteiger partial charge >= 0.3 is 0 Å². The molecule has 0 aliphatic heterocycles. The highest BCUT2D eigenvalue weighted by atomic mass is 35.5. The van der Waals surface area contributed by atoms with Crippen LogP contribution in [-0.4, -0.2) is 13.1 Å². The van der Waals surface area contributed by atoms with Gasteiger partial charge in [0.15, 0.2) is 5.82 Å². The van der Waals surface area contributed by atoms with Crippen LogP contribution < -0.4 is 16.4 Å². The molecule has 1 aromatic carbocycles. The number of nitrogen functional groups attached to an aromatic ring is 2. The zero-order chi connectivity index (χ0) is 13.9. The molecule has 4 N–H and O–H groups in total. The van der Waals surface area contributed by atoms with Crippen LogP contribution in [0.5, 0.6) is 0 Å². The molecule has 0 aliphatic carbocycles. The van der Waals surface area contributed by atoms with Crippen LogP contribution in [0.4, 0.5) is 21.5 Å². The first kappa shape index (κ1) is 14.9. The Labute approximate surface area is 113 Å². The number of benzene rings is 1. The molecule has 0 aliphatic rings. The normalized spacial score (nSPS) is 12.5. The fourth-order valence-electron chi connectivity index (χ4n) is 1.86. The monoisotopic (exact) mass is 273 g/mol. The molecular weight excluding hydrogens is 253 g/mol. The van der Waals surface area contributed by atoms with E-state index in [9.17, 15) is 4.39 Å². The minimum atomic E-state index is -0.528. The zero-order valence-corrected chi connectivity index (χ0v) is 11.9. The Kier molecular flexibility index (Phi) is 5.08. The quantitative estimate of drug-likeness (QED) is 0.807. The number of nitrogens with two attached hydrogens (primary N) is 2. The molecule has 3 nitrogen and oxygen atoms in total. The van der Waals surface area contributed by atoms with Gasteiger partial charge in [0.05, 0.1) is 17.1 Å². The lowest BCUT2D eigenvalue weighted by atomic mass is 10.1. The number of nitrogens with zero attached hydrogens (tertiary/aromatic N) is 1. The highest BCUT2D eigenvalue weighted by molar-refractivity contribution is 6.33. The van der Waals surface area contributed by atoms with E-state index in [0.717, 1.165) is 13.0 Å². The fourth-order valence-corrected chi connectivity index (χ4v) is 2.01. The van der Waals surface area contributed by atoms with E-state index >= 15 is 0 Å². The third-order valence-electron chi connectivity index (χ3n) is 3.17. The van der Waals surface area contributed by atoms with Gasteiger partial charge in [-0.2, -0.15) is 0 Å². The Morgan fingerprint density at radius 3 is 2.44 bits per heavy atom. The van der Waals surface area contributed by atoms with Crippen molar-refractivity contribution < 1.29 is 4.39 Å². The molecule has 0 radical (unpaired) electrons. The number of hydrogen-bond acceptors (Lipinski definition) is 3. The molecule has 5 heteroatoms. The van der Waals surface area contributed by atoms with Crippen molar-refractivity contribution in [3.05, 3.63) is 16.9 Å². The summed E-state index contributed by atoms with van der Waals surface area (Å²) in [6, 6.07) is 1.51. The SMILES string of the molecule is CCC(C)CN(CC)c1c(N)cc(N)c(Cl)c1F. The van der Waals surface area contributed by atoms with Crippen LogP contribution >= 0.6 is 11.6 Å². The maximum Gasteiger partial charge on any atom is 0.169 e. The second-order valence-corrected chi connectivity index (χ2v) is 4.96. The van der Waals surface area contributed by atoms with Gasteiger partial charge in [0, 0.05) is 13.1 Å². The van der Waals surface area contributed by atoms with Gasteiger partial charge in [0.25, 0.3) is 0 Å². The summed E-state index contributed by atoms with van der Waals surface area (Å²) in [5.74, 6) is -0.0700. The first-order valence-electron chi connectivity index (χ1n) is 6.20. The van der Waals surface area contributed by atoms with Gasteiger partial charge in [0.1, 0.15) is 5.02 Å². The molecule has 18 heavy (non-hydrogen) atoms. The Bertz CT molecular complexity index is 423. The van der Waals surface area contributed by atoms with Gasteiger partial charge in [-0.3, -0.25) is 0 Å². The molecule has 0 heterocycles. The average Bonchev–Trinajstić information content (AvgIpc) is 2.34. The lowest BCUT2D eigenvalue weighted by Crippen LogP contribution is -2.29. The predicted octanol–water partition coefficient (Wildman–Crippen LogP) is 3.52. The molecule has 0 bridgehead atoms. The van der Waals surface area contributed by atoms with Gasteiger partial charge in [0.2, 0.25) is 0 Å². The maximum absolute atomic E-state index is 14.2. The molecule has 0 spiro atoms. The van der Waals surface area contributed by atoms with Crippen molar-refractivity contribution >= 4 is 28.7 Å². The van der Waals surface area contributed by atoms with Crippen LogP contribution in [0.3, 0.4) is 0 Å². The standard InChI is InChI=1S/C13H21ClFN3/c1-4-8(3)7-18(5-2)13-10(17)6-9(16)11(14)12(13)15/h6,8H,4-5,7,16-17H2,1-3H3. The van der Waals surface area contributed by atoms with Crippen LogP contribution in [0.15, 0.2) is 6.07 Å². The average molecular weight is 274 g/mol. The summed E-state index contributed by atoms with van der Waals surface area (Å²) in [5.41, 5.74) is 12.3. The van der Waals surface area contributed by atoms with Crippen molar-refractivity contribution in [3.8, 4) is 0 Å². The Morgan fingerprint density at radius 1 is 1.33 bits per heavy atom. The third-order valence-corrected chi connectivity index (χ3v) is 3.55. The van der Waals surface area contributed by atoms with Crippen molar-refractivity contribution in [1.82, 2.24) is 0 Å². The van der Waals surface area contributed by atoms with Crippen LogP contribution in [0, 0.1) is 11.7 Å². The topological polar surface area (TPSA) is 55.3 Å². The van der Waals surface area contributed by atoms with Crippen LogP contribution in [0.1, 0.15) is 27.2 Å². The molecule has 0 saturated carbocycles. The summed E-state index contributed by atoms with van der Waals surface area (Å²) in [7, 11) is 0. The molecule has 1 aromatic rings. The summed E-state index contributed by atoms with van der Waals surface area (Å²) in [4.78, 5) is 1.91. The molecule has 1 atom stereocenters. The van der Waals surface area contributed by atoms with Crippen molar-refractivity contribution in [2.45, 2.75) is 27.2 Å². The number of halogens is 2. The summed E-state index contributed by atoms with van der Waals surface area (Å²) in [5, 5.41) is -0.0539. The summed E-state index contributed by atoms with van der Waals surface area (Å²) >= 11 is 5.84. The molecule has 102 valence electrons. The van der Waals surface area contributed by atoms with Gasteiger partial charge in [-0.1, -0.05) is 31.9 Å². The minimum absolute atomic E-state index is 0.0539. The highest BCUT2D eigenvalue weighted by Crippen LogP contribution is 2.36. The van der Waals surface area contributed by atoms with Gasteiger partial charge in [-0.15, -0.1) is 0 Å². The molecule has 1 unspecified atom stereocenters. The first-order valence-corrected chi connectivity index (χ1v) is 6.57. The Balaban J connectivity index is 3.17. The second-order valence-electron chi connectivity index (χ2n) is 4.58. The number of hydrogen-bond donors (Lipinski definition) is 2. The first-order chi connectivity index (χ1) is 8.42. The van der Waals surface area contributed by atoms with E-state index in [2.05, 4.69) is 13.8 Å². The van der Waals surface area contributed by atoms with Crippen LogP contribution in [0.25, 0.3) is 0 Å². The fraction of sp³-hybridized carbons (Fsp3) is 0.538. The second kappa shape index (κ2) is 6.14. The third kappa shape index (κ3) is 2.99.